The molecule has 5 aromatic rings. The molecule has 1 unspecified atom stereocenters. The third-order valence-corrected chi connectivity index (χ3v) is 9.01. The van der Waals surface area contributed by atoms with E-state index in [4.69, 9.17) is 27.9 Å². The minimum Gasteiger partial charge on any atom is -0.494 e. The molecule has 48 heavy (non-hydrogen) atoms. The number of amides is 3. The molecule has 0 aliphatic rings. The summed E-state index contributed by atoms with van der Waals surface area (Å²) in [5.74, 6) is -0.539. The van der Waals surface area contributed by atoms with Crippen LogP contribution in [-0.4, -0.2) is 24.3 Å². The van der Waals surface area contributed by atoms with Crippen molar-refractivity contribution in [3.8, 4) is 5.75 Å². The van der Waals surface area contributed by atoms with Gasteiger partial charge in [0.15, 0.2) is 0 Å². The van der Waals surface area contributed by atoms with Crippen molar-refractivity contribution in [1.82, 2.24) is 5.32 Å². The Morgan fingerprint density at radius 2 is 1.46 bits per heavy atom. The molecule has 3 amide bonds. The Morgan fingerprint density at radius 3 is 2.17 bits per heavy atom. The van der Waals surface area contributed by atoms with Gasteiger partial charge in [0.05, 0.1) is 16.7 Å². The molecule has 0 fully saturated rings. The molecule has 5 aromatic carbocycles. The Balaban J connectivity index is 1.37. The van der Waals surface area contributed by atoms with Crippen molar-refractivity contribution >= 4 is 70.1 Å². The number of carbonyl (C=O) groups excluding carboxylic acids is 3. The van der Waals surface area contributed by atoms with Gasteiger partial charge in [-0.2, -0.15) is 0 Å². The summed E-state index contributed by atoms with van der Waals surface area (Å²) in [6.45, 7) is 2.46. The lowest BCUT2D eigenvalue weighted by atomic mass is 10.1. The minimum absolute atomic E-state index is 0.0389. The molecule has 10 heteroatoms. The average Bonchev–Trinajstić information content (AvgIpc) is 3.10. The number of halogens is 2. The second kappa shape index (κ2) is 16.7. The van der Waals surface area contributed by atoms with Crippen LogP contribution in [0.2, 0.25) is 10.0 Å². The summed E-state index contributed by atoms with van der Waals surface area (Å²) in [5, 5.41) is 8.53. The number of hydrogen-bond donors (Lipinski definition) is 3. The summed E-state index contributed by atoms with van der Waals surface area (Å²) >= 11 is 14.0. The Kier molecular flexibility index (Phi) is 11.9. The summed E-state index contributed by atoms with van der Waals surface area (Å²) in [5.41, 5.74) is 2.71. The van der Waals surface area contributed by atoms with E-state index in [2.05, 4.69) is 16.0 Å². The molecule has 0 bridgehead atoms. The number of benzene rings is 5. The zero-order chi connectivity index (χ0) is 33.9. The lowest BCUT2D eigenvalue weighted by Crippen LogP contribution is -2.30. The van der Waals surface area contributed by atoms with Gasteiger partial charge in [0, 0.05) is 21.8 Å². The largest absolute Gasteiger partial charge is 0.494 e. The number of nitrogens with one attached hydrogen (secondary N) is 3. The molecule has 242 valence electrons. The van der Waals surface area contributed by atoms with Crippen LogP contribution in [0.1, 0.15) is 33.7 Å². The topological polar surface area (TPSA) is 96.5 Å². The van der Waals surface area contributed by atoms with Crippen molar-refractivity contribution in [3.63, 3.8) is 0 Å². The van der Waals surface area contributed by atoms with Crippen molar-refractivity contribution in [2.45, 2.75) is 17.1 Å². The first-order chi connectivity index (χ1) is 23.3. The molecule has 0 aromatic heterocycles. The maximum Gasteiger partial charge on any atom is 0.272 e. The second-order valence-electron chi connectivity index (χ2n) is 10.4. The fourth-order valence-corrected chi connectivity index (χ4v) is 6.07. The molecule has 0 aliphatic heterocycles. The van der Waals surface area contributed by atoms with E-state index in [1.165, 1.54) is 17.8 Å². The molecule has 5 rings (SSSR count). The Morgan fingerprint density at radius 1 is 0.771 bits per heavy atom. The minimum atomic E-state index is -0.602. The first kappa shape index (κ1) is 34.3. The highest BCUT2D eigenvalue weighted by molar-refractivity contribution is 8.00. The lowest BCUT2D eigenvalue weighted by molar-refractivity contribution is -0.116. The molecule has 1 atom stereocenters. The van der Waals surface area contributed by atoms with Gasteiger partial charge in [-0.1, -0.05) is 89.9 Å². The van der Waals surface area contributed by atoms with Gasteiger partial charge < -0.3 is 20.7 Å². The Hall–Kier alpha value is -5.02. The van der Waals surface area contributed by atoms with Crippen LogP contribution in [0.5, 0.6) is 5.75 Å². The van der Waals surface area contributed by atoms with Crippen molar-refractivity contribution < 1.29 is 19.1 Å². The van der Waals surface area contributed by atoms with Gasteiger partial charge >= 0.3 is 0 Å². The van der Waals surface area contributed by atoms with Crippen LogP contribution in [0.4, 0.5) is 11.4 Å². The molecule has 0 spiro atoms. The molecule has 0 radical (unpaired) electrons. The standard InChI is InChI=1S/C38H31Cl2N3O4S/c1-2-47-30-21-19-28(20-22-30)41-38(46)35(25-11-5-3-6-12-25)48-31-17-10-16-29(24-31)42-37(45)33(23-27-15-9-18-32(39)34(27)40)43-36(44)26-13-7-4-8-14-26/h3-24,35H,2H2,1H3,(H,41,46)(H,42,45)(H,43,44)/b33-23+. The fourth-order valence-electron chi connectivity index (χ4n) is 4.62. The van der Waals surface area contributed by atoms with Crippen molar-refractivity contribution in [2.75, 3.05) is 17.2 Å². The molecule has 7 nitrogen and oxygen atoms in total. The summed E-state index contributed by atoms with van der Waals surface area (Å²) < 4.78 is 5.51. The predicted octanol–water partition coefficient (Wildman–Crippen LogP) is 9.27. The summed E-state index contributed by atoms with van der Waals surface area (Å²) in [6, 6.07) is 37.4. The van der Waals surface area contributed by atoms with Gasteiger partial charge in [-0.15, -0.1) is 11.8 Å². The molecule has 0 saturated heterocycles. The van der Waals surface area contributed by atoms with Gasteiger partial charge in [0.1, 0.15) is 16.7 Å². The number of carbonyl (C=O) groups is 3. The number of ether oxygens (including phenoxy) is 1. The summed E-state index contributed by atoms with van der Waals surface area (Å²) in [7, 11) is 0. The highest BCUT2D eigenvalue weighted by Crippen LogP contribution is 2.37. The van der Waals surface area contributed by atoms with Crippen LogP contribution >= 0.6 is 35.0 Å². The van der Waals surface area contributed by atoms with Gasteiger partial charge in [-0.25, -0.2) is 0 Å². The smallest absolute Gasteiger partial charge is 0.272 e. The second-order valence-corrected chi connectivity index (χ2v) is 12.3. The maximum absolute atomic E-state index is 13.7. The van der Waals surface area contributed by atoms with Crippen LogP contribution in [0, 0.1) is 0 Å². The SMILES string of the molecule is CCOc1ccc(NC(=O)C(Sc2cccc(NC(=O)/C(=C\c3cccc(Cl)c3Cl)NC(=O)c3ccccc3)c2)c2ccccc2)cc1. The molecular formula is C38H31Cl2N3O4S. The average molecular weight is 697 g/mol. The van der Waals surface area contributed by atoms with Crippen molar-refractivity contribution in [1.29, 1.82) is 0 Å². The first-order valence-electron chi connectivity index (χ1n) is 15.0. The van der Waals surface area contributed by atoms with Gasteiger partial charge in [-0.05, 0) is 84.8 Å². The highest BCUT2D eigenvalue weighted by atomic mass is 35.5. The Labute approximate surface area is 293 Å². The number of anilines is 2. The third kappa shape index (κ3) is 9.29. The van der Waals surface area contributed by atoms with E-state index in [-0.39, 0.29) is 16.6 Å². The molecule has 0 heterocycles. The van der Waals surface area contributed by atoms with Crippen LogP contribution < -0.4 is 20.7 Å². The quantitative estimate of drug-likeness (QED) is 0.0893. The Bertz CT molecular complexity index is 1920. The van der Waals surface area contributed by atoms with E-state index in [1.807, 2.05) is 43.3 Å². The van der Waals surface area contributed by atoms with E-state index in [0.717, 1.165) is 16.2 Å². The van der Waals surface area contributed by atoms with Gasteiger partial charge in [0.25, 0.3) is 11.8 Å². The van der Waals surface area contributed by atoms with Crippen LogP contribution in [0.15, 0.2) is 138 Å². The van der Waals surface area contributed by atoms with Crippen LogP contribution in [-0.2, 0) is 9.59 Å². The fraction of sp³-hybridized carbons (Fsp3) is 0.0789. The molecular weight excluding hydrogens is 665 g/mol. The van der Waals surface area contributed by atoms with Crippen LogP contribution in [0.3, 0.4) is 0 Å². The van der Waals surface area contributed by atoms with Crippen LogP contribution in [0.25, 0.3) is 6.08 Å². The zero-order valence-corrected chi connectivity index (χ0v) is 28.1. The van der Waals surface area contributed by atoms with Gasteiger partial charge in [0.2, 0.25) is 5.91 Å². The summed E-state index contributed by atoms with van der Waals surface area (Å²) in [6.07, 6.45) is 1.47. The first-order valence-corrected chi connectivity index (χ1v) is 16.6. The lowest BCUT2D eigenvalue weighted by Gasteiger charge is -2.18. The maximum atomic E-state index is 13.7. The summed E-state index contributed by atoms with van der Waals surface area (Å²) in [4.78, 5) is 41.1. The monoisotopic (exact) mass is 695 g/mol. The van der Waals surface area contributed by atoms with E-state index in [0.29, 0.717) is 34.1 Å². The number of rotatable bonds is 12. The van der Waals surface area contributed by atoms with E-state index in [9.17, 15) is 14.4 Å². The van der Waals surface area contributed by atoms with E-state index < -0.39 is 17.1 Å². The molecule has 0 saturated carbocycles. The predicted molar refractivity (Wildman–Crippen MR) is 195 cm³/mol. The van der Waals surface area contributed by atoms with Gasteiger partial charge in [-0.3, -0.25) is 14.4 Å². The van der Waals surface area contributed by atoms with Crippen molar-refractivity contribution in [2.24, 2.45) is 0 Å². The number of thioether (sulfide) groups is 1. The molecule has 3 N–H and O–H groups in total. The molecule has 0 aliphatic carbocycles. The highest BCUT2D eigenvalue weighted by Gasteiger charge is 2.23. The van der Waals surface area contributed by atoms with E-state index in [1.54, 1.807) is 91.0 Å². The third-order valence-electron chi connectivity index (χ3n) is 6.93. The normalized spacial score (nSPS) is 11.7. The van der Waals surface area contributed by atoms with Crippen molar-refractivity contribution in [3.05, 3.63) is 160 Å². The van der Waals surface area contributed by atoms with E-state index >= 15 is 0 Å². The number of hydrogen-bond acceptors (Lipinski definition) is 5. The zero-order valence-electron chi connectivity index (χ0n) is 25.8.